The topological polar surface area (TPSA) is 94.1 Å². The summed E-state index contributed by atoms with van der Waals surface area (Å²) in [5.41, 5.74) is 3.37. The summed E-state index contributed by atoms with van der Waals surface area (Å²) in [7, 11) is 0. The lowest BCUT2D eigenvalue weighted by molar-refractivity contribution is 0.387. The lowest BCUT2D eigenvalue weighted by Gasteiger charge is -2.29. The van der Waals surface area contributed by atoms with Crippen LogP contribution in [0, 0.1) is 0 Å². The van der Waals surface area contributed by atoms with Crippen LogP contribution in [-0.2, 0) is 28.4 Å². The Hall–Kier alpha value is -2.60. The first kappa shape index (κ1) is 25.1. The van der Waals surface area contributed by atoms with Crippen molar-refractivity contribution in [3.05, 3.63) is 42.5 Å². The number of benzene rings is 2. The molecule has 6 atom stereocenters. The molecule has 6 aliphatic heterocycles. The molecule has 0 radical (unpaired) electrons. The first-order chi connectivity index (χ1) is 19.7. The van der Waals surface area contributed by atoms with Gasteiger partial charge in [-0.05, 0) is 42.5 Å². The number of hydrogen-bond donors (Lipinski definition) is 0. The predicted molar refractivity (Wildman–Crippen MR) is 148 cm³/mol. The maximum absolute atomic E-state index is 6.58. The Labute approximate surface area is 234 Å². The van der Waals surface area contributed by atoms with E-state index >= 15 is 0 Å². The third kappa shape index (κ3) is 6.82. The van der Waals surface area contributed by atoms with E-state index in [1.165, 1.54) is 0 Å². The van der Waals surface area contributed by atoms with Crippen molar-refractivity contribution in [2.45, 2.75) is 36.6 Å². The number of ether oxygens (including phenoxy) is 7. The Morgan fingerprint density at radius 3 is 1.30 bits per heavy atom. The van der Waals surface area contributed by atoms with Crippen LogP contribution in [0.15, 0.2) is 42.5 Å². The molecule has 2 aromatic carbocycles. The van der Waals surface area contributed by atoms with Crippen LogP contribution in [0.3, 0.4) is 0 Å². The molecule has 0 bridgehead atoms. The molecule has 10 heteroatoms. The molecule has 0 aliphatic carbocycles. The van der Waals surface area contributed by atoms with Crippen LogP contribution in [0.25, 0.3) is 0 Å². The monoisotopic (exact) mass is 551 g/mol. The van der Waals surface area contributed by atoms with Gasteiger partial charge in [0, 0.05) is 50.6 Å². The van der Waals surface area contributed by atoms with Crippen molar-refractivity contribution in [3.63, 3.8) is 0 Å². The van der Waals surface area contributed by atoms with E-state index in [0.29, 0.717) is 24.4 Å². The van der Waals surface area contributed by atoms with Crippen LogP contribution in [0.1, 0.15) is 0 Å². The highest BCUT2D eigenvalue weighted by Crippen LogP contribution is 2.39. The Morgan fingerprint density at radius 2 is 0.875 bits per heavy atom. The van der Waals surface area contributed by atoms with Gasteiger partial charge < -0.3 is 47.9 Å². The molecule has 0 N–H and O–H groups in total. The van der Waals surface area contributed by atoms with Gasteiger partial charge in [0.2, 0.25) is 0 Å². The fraction of sp³-hybridized carbons (Fsp3) is 0.600. The zero-order chi connectivity index (χ0) is 26.5. The van der Waals surface area contributed by atoms with Crippen molar-refractivity contribution >= 4 is 17.1 Å². The van der Waals surface area contributed by atoms with Gasteiger partial charge in [-0.15, -0.1) is 0 Å². The maximum Gasteiger partial charge on any atom is 0.150 e. The van der Waals surface area contributed by atoms with Crippen LogP contribution in [0.4, 0.5) is 17.1 Å². The summed E-state index contributed by atoms with van der Waals surface area (Å²) in [6, 6.07) is 14.9. The van der Waals surface area contributed by atoms with Crippen LogP contribution >= 0.6 is 0 Å². The molecule has 6 heterocycles. The smallest absolute Gasteiger partial charge is 0.150 e. The molecule has 0 spiro atoms. The second kappa shape index (κ2) is 10.7. The number of rotatable bonds is 17. The first-order valence-corrected chi connectivity index (χ1v) is 14.6. The molecular formula is C30H37N3O7. The molecule has 0 aromatic heterocycles. The average Bonchev–Trinajstić information content (AvgIpc) is 3.71. The van der Waals surface area contributed by atoms with Gasteiger partial charge in [-0.3, -0.25) is 0 Å². The van der Waals surface area contributed by atoms with Crippen molar-refractivity contribution < 1.29 is 33.2 Å². The summed E-state index contributed by atoms with van der Waals surface area (Å²) in [5, 5.41) is 0. The minimum Gasteiger partial charge on any atom is -0.455 e. The van der Waals surface area contributed by atoms with E-state index in [1.54, 1.807) is 0 Å². The lowest BCUT2D eigenvalue weighted by atomic mass is 10.1. The van der Waals surface area contributed by atoms with E-state index in [2.05, 4.69) is 57.2 Å². The van der Waals surface area contributed by atoms with Gasteiger partial charge in [0.1, 0.15) is 5.75 Å². The third-order valence-electron chi connectivity index (χ3n) is 8.04. The second-order valence-electron chi connectivity index (χ2n) is 11.7. The highest BCUT2D eigenvalue weighted by atomic mass is 16.6. The fourth-order valence-corrected chi connectivity index (χ4v) is 5.25. The summed E-state index contributed by atoms with van der Waals surface area (Å²) in [6.07, 6.45) is 1.75. The molecular weight excluding hydrogens is 514 g/mol. The van der Waals surface area contributed by atoms with Crippen molar-refractivity contribution in [1.29, 1.82) is 0 Å². The van der Waals surface area contributed by atoms with Crippen molar-refractivity contribution in [2.24, 2.45) is 0 Å². The van der Waals surface area contributed by atoms with Crippen molar-refractivity contribution in [3.8, 4) is 11.5 Å². The SMILES string of the molecule is c1cc(N(CC2CO2)CC2CO2)ccc1Oc1ccc(N(CC2CO2)CC2CO2)cc1N(CC1CO1)CC1CO1. The van der Waals surface area contributed by atoms with Gasteiger partial charge in [0.05, 0.1) is 82.0 Å². The van der Waals surface area contributed by atoms with E-state index in [4.69, 9.17) is 33.2 Å². The van der Waals surface area contributed by atoms with Crippen LogP contribution in [0.2, 0.25) is 0 Å². The number of hydrogen-bond acceptors (Lipinski definition) is 10. The zero-order valence-electron chi connectivity index (χ0n) is 22.7. The Bertz CT molecular complexity index is 1130. The highest BCUT2D eigenvalue weighted by molar-refractivity contribution is 5.68. The van der Waals surface area contributed by atoms with Gasteiger partial charge in [-0.2, -0.15) is 0 Å². The summed E-state index contributed by atoms with van der Waals surface area (Å²) in [5.74, 6) is 1.64. The molecule has 6 saturated heterocycles. The van der Waals surface area contributed by atoms with Gasteiger partial charge in [0.25, 0.3) is 0 Å². The maximum atomic E-state index is 6.58. The number of nitrogens with zero attached hydrogens (tertiary/aromatic N) is 3. The first-order valence-electron chi connectivity index (χ1n) is 14.6. The second-order valence-corrected chi connectivity index (χ2v) is 11.7. The van der Waals surface area contributed by atoms with Gasteiger partial charge in [-0.25, -0.2) is 0 Å². The molecule has 40 heavy (non-hydrogen) atoms. The van der Waals surface area contributed by atoms with Crippen LogP contribution < -0.4 is 19.4 Å². The van der Waals surface area contributed by atoms with Crippen LogP contribution in [0.5, 0.6) is 11.5 Å². The molecule has 8 rings (SSSR count). The Kier molecular flexibility index (Phi) is 6.70. The fourth-order valence-electron chi connectivity index (χ4n) is 5.25. The molecule has 0 amide bonds. The Balaban J connectivity index is 1.05. The quantitative estimate of drug-likeness (QED) is 0.273. The molecule has 6 aliphatic rings. The zero-order valence-corrected chi connectivity index (χ0v) is 22.7. The molecule has 0 saturated carbocycles. The van der Waals surface area contributed by atoms with Gasteiger partial charge in [-0.1, -0.05) is 0 Å². The normalized spacial score (nSPS) is 30.4. The molecule has 214 valence electrons. The highest BCUT2D eigenvalue weighted by Gasteiger charge is 2.35. The third-order valence-corrected chi connectivity index (χ3v) is 8.04. The van der Waals surface area contributed by atoms with E-state index in [1.807, 2.05) is 0 Å². The van der Waals surface area contributed by atoms with E-state index in [0.717, 1.165) is 107 Å². The largest absolute Gasteiger partial charge is 0.455 e. The molecule has 2 aromatic rings. The lowest BCUT2D eigenvalue weighted by Crippen LogP contribution is -2.34. The standard InChI is InChI=1S/C30H37N3O7/c1-4-22(5-2-20(1)31(8-23-14-34-23)9-24-15-35-24)40-30-6-3-21(32(10-25-16-36-25)11-26-17-37-26)7-29(30)33(12-27-18-38-27)13-28-19-39-28/h1-7,23-28H,8-19H2. The van der Waals surface area contributed by atoms with E-state index in [9.17, 15) is 0 Å². The summed E-state index contributed by atoms with van der Waals surface area (Å²) in [4.78, 5) is 7.11. The predicted octanol–water partition coefficient (Wildman–Crippen LogP) is 2.29. The molecule has 6 unspecified atom stereocenters. The number of anilines is 3. The number of epoxide rings is 6. The summed E-state index contributed by atoms with van der Waals surface area (Å²) in [6.45, 7) is 10.1. The minimum atomic E-state index is 0.252. The van der Waals surface area contributed by atoms with Crippen molar-refractivity contribution in [2.75, 3.05) is 93.6 Å². The van der Waals surface area contributed by atoms with E-state index < -0.39 is 0 Å². The summed E-state index contributed by atoms with van der Waals surface area (Å²) < 4.78 is 40.0. The molecule has 10 nitrogen and oxygen atoms in total. The van der Waals surface area contributed by atoms with Crippen molar-refractivity contribution in [1.82, 2.24) is 0 Å². The van der Waals surface area contributed by atoms with Crippen LogP contribution in [-0.4, -0.2) is 116 Å². The summed E-state index contributed by atoms with van der Waals surface area (Å²) >= 11 is 0. The molecule has 6 fully saturated rings. The minimum absolute atomic E-state index is 0.252. The Morgan fingerprint density at radius 1 is 0.500 bits per heavy atom. The van der Waals surface area contributed by atoms with Gasteiger partial charge in [0.15, 0.2) is 5.75 Å². The van der Waals surface area contributed by atoms with Gasteiger partial charge >= 0.3 is 0 Å². The van der Waals surface area contributed by atoms with E-state index in [-0.39, 0.29) is 12.2 Å². The average molecular weight is 552 g/mol.